The Kier molecular flexibility index (Phi) is 6.93. The predicted molar refractivity (Wildman–Crippen MR) is 133 cm³/mol. The second kappa shape index (κ2) is 9.89. The van der Waals surface area contributed by atoms with Crippen molar-refractivity contribution in [3.63, 3.8) is 0 Å². The molecule has 0 spiro atoms. The number of methoxy groups -OCH3 is 1. The first-order chi connectivity index (χ1) is 16.3. The minimum atomic E-state index is -0.225. The second-order valence-electron chi connectivity index (χ2n) is 8.59. The van der Waals surface area contributed by atoms with Gasteiger partial charge in [-0.25, -0.2) is 0 Å². The summed E-state index contributed by atoms with van der Waals surface area (Å²) in [6.45, 7) is 5.25. The minimum absolute atomic E-state index is 0.0850. The van der Waals surface area contributed by atoms with Gasteiger partial charge < -0.3 is 19.2 Å². The van der Waals surface area contributed by atoms with Crippen molar-refractivity contribution in [2.45, 2.75) is 33.2 Å². The lowest BCUT2D eigenvalue weighted by Gasteiger charge is -2.31. The Labute approximate surface area is 203 Å². The zero-order valence-corrected chi connectivity index (χ0v) is 20.3. The molecule has 1 fully saturated rings. The van der Waals surface area contributed by atoms with Crippen LogP contribution in [0.5, 0.6) is 0 Å². The fourth-order valence-corrected chi connectivity index (χ4v) is 4.76. The van der Waals surface area contributed by atoms with Crippen molar-refractivity contribution in [2.24, 2.45) is 5.92 Å². The number of amides is 1. The Hall–Kier alpha value is -3.32. The van der Waals surface area contributed by atoms with Crippen LogP contribution in [0.2, 0.25) is 5.02 Å². The molecule has 1 amide bonds. The van der Waals surface area contributed by atoms with Crippen molar-refractivity contribution in [3.8, 4) is 11.1 Å². The lowest BCUT2D eigenvalue weighted by molar-refractivity contribution is -0.146. The number of piperidine rings is 1. The zero-order valence-electron chi connectivity index (χ0n) is 19.6. The highest BCUT2D eigenvalue weighted by molar-refractivity contribution is 6.34. The molecule has 1 aliphatic rings. The Morgan fingerprint density at radius 3 is 2.62 bits per heavy atom. The molecule has 3 heterocycles. The molecule has 2 aromatic heterocycles. The van der Waals surface area contributed by atoms with Crippen molar-refractivity contribution in [2.75, 3.05) is 20.2 Å². The molecule has 0 saturated carbocycles. The van der Waals surface area contributed by atoms with E-state index in [4.69, 9.17) is 16.3 Å². The van der Waals surface area contributed by atoms with Crippen LogP contribution in [0.25, 0.3) is 22.0 Å². The maximum absolute atomic E-state index is 13.1. The third kappa shape index (κ3) is 4.53. The number of hydrogen-bond donors (Lipinski definition) is 1. The summed E-state index contributed by atoms with van der Waals surface area (Å²) in [6, 6.07) is 7.32. The van der Waals surface area contributed by atoms with Gasteiger partial charge in [-0.3, -0.25) is 14.4 Å². The summed E-state index contributed by atoms with van der Waals surface area (Å²) >= 11 is 6.60. The van der Waals surface area contributed by atoms with E-state index < -0.39 is 0 Å². The van der Waals surface area contributed by atoms with E-state index in [0.717, 1.165) is 22.2 Å². The predicted octanol–water partition coefficient (Wildman–Crippen LogP) is 4.56. The number of benzene rings is 1. The fourth-order valence-electron chi connectivity index (χ4n) is 4.49. The first-order valence-corrected chi connectivity index (χ1v) is 11.7. The third-order valence-electron chi connectivity index (χ3n) is 6.37. The monoisotopic (exact) mass is 481 g/mol. The molecular formula is C26H28ClN3O4. The number of aryl methyl sites for hydroxylation is 1. The molecule has 4 rings (SSSR count). The molecule has 1 aliphatic heterocycles. The number of hydrogen-bond acceptors (Lipinski definition) is 4. The van der Waals surface area contributed by atoms with Crippen LogP contribution in [0.15, 0.2) is 47.4 Å². The number of aromatic amines is 1. The minimum Gasteiger partial charge on any atom is -0.469 e. The van der Waals surface area contributed by atoms with E-state index in [2.05, 4.69) is 4.98 Å². The SMILES string of the molecule is C/C=C/Cn1cc(-c2ccc(C(=O)N3CCC(C(=O)OC)CC3)c(Cl)c2)c2cc(C)[nH]c2c1=O. The number of ether oxygens (including phenoxy) is 1. The number of halogens is 1. The zero-order chi connectivity index (χ0) is 24.4. The van der Waals surface area contributed by atoms with Gasteiger partial charge in [0.05, 0.1) is 23.6 Å². The van der Waals surface area contributed by atoms with Gasteiger partial charge in [0.15, 0.2) is 0 Å². The van der Waals surface area contributed by atoms with Crippen LogP contribution in [-0.4, -0.2) is 46.5 Å². The molecule has 8 heteroatoms. The Bertz CT molecular complexity index is 1330. The highest BCUT2D eigenvalue weighted by Gasteiger charge is 2.29. The van der Waals surface area contributed by atoms with E-state index in [-0.39, 0.29) is 23.4 Å². The molecule has 178 valence electrons. The molecule has 3 aromatic rings. The van der Waals surface area contributed by atoms with E-state index >= 15 is 0 Å². The first-order valence-electron chi connectivity index (χ1n) is 11.3. The molecule has 34 heavy (non-hydrogen) atoms. The maximum atomic E-state index is 13.1. The standard InChI is InChI=1S/C26H28ClN3O4/c1-4-5-10-30-15-21(20-13-16(2)28-23(20)25(30)32)18-6-7-19(22(27)14-18)24(31)29-11-8-17(9-12-29)26(33)34-3/h4-7,13-15,17,28H,8-12H2,1-3H3/b5-4+. The molecule has 1 N–H and O–H groups in total. The smallest absolute Gasteiger partial charge is 0.308 e. The number of allylic oxidation sites excluding steroid dienone is 2. The fraction of sp³-hybridized carbons (Fsp3) is 0.346. The first kappa shape index (κ1) is 23.8. The summed E-state index contributed by atoms with van der Waals surface area (Å²) < 4.78 is 6.48. The van der Waals surface area contributed by atoms with Gasteiger partial charge in [0, 0.05) is 42.5 Å². The molecule has 0 aliphatic carbocycles. The van der Waals surface area contributed by atoms with Gasteiger partial charge in [0.1, 0.15) is 5.52 Å². The van der Waals surface area contributed by atoms with Crippen molar-refractivity contribution in [1.29, 1.82) is 0 Å². The van der Waals surface area contributed by atoms with Crippen molar-refractivity contribution < 1.29 is 14.3 Å². The van der Waals surface area contributed by atoms with Crippen molar-refractivity contribution in [3.05, 3.63) is 69.2 Å². The van der Waals surface area contributed by atoms with Crippen LogP contribution in [-0.2, 0) is 16.1 Å². The molecule has 7 nitrogen and oxygen atoms in total. The lowest BCUT2D eigenvalue weighted by atomic mass is 9.96. The summed E-state index contributed by atoms with van der Waals surface area (Å²) in [5, 5.41) is 1.17. The maximum Gasteiger partial charge on any atom is 0.308 e. The van der Waals surface area contributed by atoms with Gasteiger partial charge in [-0.05, 0) is 50.5 Å². The highest BCUT2D eigenvalue weighted by Crippen LogP contribution is 2.32. The van der Waals surface area contributed by atoms with Gasteiger partial charge in [0.2, 0.25) is 0 Å². The molecule has 0 unspecified atom stereocenters. The number of nitrogens with one attached hydrogen (secondary N) is 1. The number of esters is 1. The molecule has 0 radical (unpaired) electrons. The summed E-state index contributed by atoms with van der Waals surface area (Å²) in [6.07, 6.45) is 6.81. The largest absolute Gasteiger partial charge is 0.469 e. The Morgan fingerprint density at radius 1 is 1.24 bits per heavy atom. The van der Waals surface area contributed by atoms with E-state index in [1.54, 1.807) is 21.6 Å². The number of carbonyl (C=O) groups excluding carboxylic acids is 2. The number of pyridine rings is 1. The second-order valence-corrected chi connectivity index (χ2v) is 9.00. The number of fused-ring (bicyclic) bond motifs is 1. The van der Waals surface area contributed by atoms with Gasteiger partial charge in [-0.15, -0.1) is 0 Å². The number of nitrogens with zero attached hydrogens (tertiary/aromatic N) is 2. The van der Waals surface area contributed by atoms with E-state index in [1.165, 1.54) is 7.11 Å². The molecule has 1 aromatic carbocycles. The average molecular weight is 482 g/mol. The summed E-state index contributed by atoms with van der Waals surface area (Å²) in [5.41, 5.74) is 3.46. The van der Waals surface area contributed by atoms with Crippen LogP contribution in [0, 0.1) is 12.8 Å². The summed E-state index contributed by atoms with van der Waals surface area (Å²) in [4.78, 5) is 42.7. The lowest BCUT2D eigenvalue weighted by Crippen LogP contribution is -2.40. The van der Waals surface area contributed by atoms with Gasteiger partial charge in [-0.1, -0.05) is 29.8 Å². The van der Waals surface area contributed by atoms with Crippen LogP contribution >= 0.6 is 11.6 Å². The highest BCUT2D eigenvalue weighted by atomic mass is 35.5. The van der Waals surface area contributed by atoms with Crippen LogP contribution in [0.1, 0.15) is 35.8 Å². The topological polar surface area (TPSA) is 84.4 Å². The summed E-state index contributed by atoms with van der Waals surface area (Å²) in [7, 11) is 1.39. The average Bonchev–Trinajstić information content (AvgIpc) is 3.24. The summed E-state index contributed by atoms with van der Waals surface area (Å²) in [5.74, 6) is -0.547. The van der Waals surface area contributed by atoms with Crippen molar-refractivity contribution in [1.82, 2.24) is 14.5 Å². The van der Waals surface area contributed by atoms with Crippen molar-refractivity contribution >= 4 is 34.4 Å². The number of H-pyrrole nitrogens is 1. The third-order valence-corrected chi connectivity index (χ3v) is 6.68. The normalized spacial score (nSPS) is 14.8. The van der Waals surface area contributed by atoms with Crippen LogP contribution < -0.4 is 5.56 Å². The number of rotatable bonds is 5. The molecule has 0 bridgehead atoms. The number of aromatic nitrogens is 2. The molecular weight excluding hydrogens is 454 g/mol. The number of likely N-dealkylation sites (tertiary alicyclic amines) is 1. The Morgan fingerprint density at radius 2 is 1.97 bits per heavy atom. The van der Waals surface area contributed by atoms with E-state index in [9.17, 15) is 14.4 Å². The van der Waals surface area contributed by atoms with Gasteiger partial charge >= 0.3 is 5.97 Å². The number of carbonyl (C=O) groups is 2. The Balaban J connectivity index is 1.65. The molecule has 0 atom stereocenters. The van der Waals surface area contributed by atoms with Gasteiger partial charge in [0.25, 0.3) is 11.5 Å². The quantitative estimate of drug-likeness (QED) is 0.427. The molecule has 1 saturated heterocycles. The van der Waals surface area contributed by atoms with Crippen LogP contribution in [0.3, 0.4) is 0 Å². The van der Waals surface area contributed by atoms with E-state index in [1.807, 2.05) is 44.3 Å². The van der Waals surface area contributed by atoms with Crippen LogP contribution in [0.4, 0.5) is 0 Å². The van der Waals surface area contributed by atoms with E-state index in [0.29, 0.717) is 48.6 Å². The van der Waals surface area contributed by atoms with Gasteiger partial charge in [-0.2, -0.15) is 0 Å².